The molecule has 0 saturated carbocycles. The van der Waals surface area contributed by atoms with Gasteiger partial charge in [-0.15, -0.1) is 11.8 Å². The number of carbonyl (C=O) groups is 3. The maximum Gasteiger partial charge on any atom is 0.308 e. The zero-order chi connectivity index (χ0) is 13.0. The molecule has 0 aliphatic carbocycles. The van der Waals surface area contributed by atoms with E-state index in [2.05, 4.69) is 0 Å². The molecular weight excluding hydrogens is 244 g/mol. The van der Waals surface area contributed by atoms with Crippen molar-refractivity contribution in [2.75, 3.05) is 24.6 Å². The molecule has 7 heteroatoms. The third-order valence-corrected chi connectivity index (χ3v) is 3.69. The lowest BCUT2D eigenvalue weighted by Gasteiger charge is -2.15. The molecule has 1 aliphatic rings. The molecule has 1 aliphatic heterocycles. The molecule has 1 heterocycles. The number of carbonyl (C=O) groups excluding carboxylic acids is 2. The van der Waals surface area contributed by atoms with Crippen molar-refractivity contribution in [3.63, 3.8) is 0 Å². The molecule has 0 radical (unpaired) electrons. The Morgan fingerprint density at radius 2 is 2.00 bits per heavy atom. The Morgan fingerprint density at radius 3 is 2.47 bits per heavy atom. The van der Waals surface area contributed by atoms with Gasteiger partial charge in [0.1, 0.15) is 0 Å². The van der Waals surface area contributed by atoms with Gasteiger partial charge in [0, 0.05) is 13.1 Å². The van der Waals surface area contributed by atoms with Crippen LogP contribution in [0.2, 0.25) is 0 Å². The molecule has 17 heavy (non-hydrogen) atoms. The lowest BCUT2D eigenvalue weighted by atomic mass is 9.99. The zero-order valence-electron chi connectivity index (χ0n) is 9.59. The summed E-state index contributed by atoms with van der Waals surface area (Å²) in [4.78, 5) is 34.6. The third kappa shape index (κ3) is 3.92. The number of hydrogen-bond donors (Lipinski definition) is 2. The number of nitrogens with two attached hydrogens (primary N) is 1. The van der Waals surface area contributed by atoms with E-state index in [0.717, 1.165) is 11.8 Å². The van der Waals surface area contributed by atoms with Crippen molar-refractivity contribution in [3.05, 3.63) is 0 Å². The monoisotopic (exact) mass is 260 g/mol. The highest BCUT2D eigenvalue weighted by molar-refractivity contribution is 8.00. The number of hydrogen-bond acceptors (Lipinski definition) is 4. The number of thioether (sulfide) groups is 1. The van der Waals surface area contributed by atoms with Gasteiger partial charge in [-0.05, 0) is 5.92 Å². The van der Waals surface area contributed by atoms with Gasteiger partial charge in [-0.2, -0.15) is 0 Å². The van der Waals surface area contributed by atoms with Crippen LogP contribution in [0.3, 0.4) is 0 Å². The molecule has 2 atom stereocenters. The molecule has 0 bridgehead atoms. The summed E-state index contributed by atoms with van der Waals surface area (Å²) in [5, 5.41) is 8.93. The van der Waals surface area contributed by atoms with Crippen LogP contribution >= 0.6 is 11.8 Å². The molecule has 0 aromatic rings. The Kier molecular flexibility index (Phi) is 4.80. The molecule has 0 aromatic carbocycles. The van der Waals surface area contributed by atoms with Crippen molar-refractivity contribution < 1.29 is 19.5 Å². The molecule has 1 fully saturated rings. The SMILES string of the molecule is C[C@@H]1CN(C(=O)CSCC(N)=O)C[C@H]1C(=O)O. The van der Waals surface area contributed by atoms with Crippen molar-refractivity contribution in [2.45, 2.75) is 6.92 Å². The Hall–Kier alpha value is -1.24. The fourth-order valence-electron chi connectivity index (χ4n) is 1.82. The number of nitrogens with zero attached hydrogens (tertiary/aromatic N) is 1. The normalized spacial score (nSPS) is 23.7. The number of carboxylic acids is 1. The average molecular weight is 260 g/mol. The predicted octanol–water partition coefficient (Wildman–Crippen LogP) is -0.616. The van der Waals surface area contributed by atoms with Crippen molar-refractivity contribution in [1.29, 1.82) is 0 Å². The van der Waals surface area contributed by atoms with Crippen LogP contribution in [0.4, 0.5) is 0 Å². The van der Waals surface area contributed by atoms with Crippen LogP contribution in [0.5, 0.6) is 0 Å². The van der Waals surface area contributed by atoms with Crippen LogP contribution in [0, 0.1) is 11.8 Å². The quantitative estimate of drug-likeness (QED) is 0.686. The standard InChI is InChI=1S/C10H16N2O4S/c1-6-2-12(3-7(6)10(15)16)9(14)5-17-4-8(11)13/h6-7H,2-5H2,1H3,(H2,11,13)(H,15,16)/t6-,7-/m1/s1. The van der Waals surface area contributed by atoms with E-state index >= 15 is 0 Å². The van der Waals surface area contributed by atoms with Gasteiger partial charge < -0.3 is 15.7 Å². The molecule has 0 aromatic heterocycles. The predicted molar refractivity (Wildman–Crippen MR) is 63.4 cm³/mol. The van der Waals surface area contributed by atoms with Crippen LogP contribution in [0.1, 0.15) is 6.92 Å². The van der Waals surface area contributed by atoms with Crippen molar-refractivity contribution in [2.24, 2.45) is 17.6 Å². The molecule has 3 N–H and O–H groups in total. The highest BCUT2D eigenvalue weighted by atomic mass is 32.2. The summed E-state index contributed by atoms with van der Waals surface area (Å²) in [6.45, 7) is 2.54. The number of carboxylic acid groups (broad SMARTS) is 1. The first-order chi connectivity index (χ1) is 7.91. The van der Waals surface area contributed by atoms with Gasteiger partial charge in [0.05, 0.1) is 17.4 Å². The van der Waals surface area contributed by atoms with E-state index in [1.54, 1.807) is 0 Å². The van der Waals surface area contributed by atoms with Crippen LogP contribution < -0.4 is 5.73 Å². The second-order valence-electron chi connectivity index (χ2n) is 4.18. The number of primary amides is 1. The van der Waals surface area contributed by atoms with Gasteiger partial charge >= 0.3 is 5.97 Å². The van der Waals surface area contributed by atoms with Gasteiger partial charge in [0.2, 0.25) is 11.8 Å². The number of rotatable bonds is 5. The summed E-state index contributed by atoms with van der Waals surface area (Å²) in [5.74, 6) is -1.69. The highest BCUT2D eigenvalue weighted by Crippen LogP contribution is 2.23. The molecule has 6 nitrogen and oxygen atoms in total. The van der Waals surface area contributed by atoms with Crippen LogP contribution in [-0.2, 0) is 14.4 Å². The summed E-state index contributed by atoms with van der Waals surface area (Å²) in [6, 6.07) is 0. The maximum atomic E-state index is 11.7. The van der Waals surface area contributed by atoms with E-state index in [0.29, 0.717) is 6.54 Å². The van der Waals surface area contributed by atoms with Crippen molar-refractivity contribution in [1.82, 2.24) is 4.90 Å². The van der Waals surface area contributed by atoms with E-state index in [4.69, 9.17) is 10.8 Å². The Morgan fingerprint density at radius 1 is 1.35 bits per heavy atom. The van der Waals surface area contributed by atoms with E-state index < -0.39 is 17.8 Å². The lowest BCUT2D eigenvalue weighted by Crippen LogP contribution is -2.31. The first kappa shape index (κ1) is 13.8. The van der Waals surface area contributed by atoms with Crippen molar-refractivity contribution in [3.8, 4) is 0 Å². The Bertz CT molecular complexity index is 334. The largest absolute Gasteiger partial charge is 0.481 e. The molecule has 1 saturated heterocycles. The topological polar surface area (TPSA) is 101 Å². The van der Waals surface area contributed by atoms with E-state index in [-0.39, 0.29) is 29.9 Å². The van der Waals surface area contributed by atoms with Gasteiger partial charge in [-0.3, -0.25) is 14.4 Å². The van der Waals surface area contributed by atoms with Gasteiger partial charge in [0.15, 0.2) is 0 Å². The van der Waals surface area contributed by atoms with Gasteiger partial charge in [0.25, 0.3) is 0 Å². The van der Waals surface area contributed by atoms with Crippen LogP contribution in [0.15, 0.2) is 0 Å². The van der Waals surface area contributed by atoms with Gasteiger partial charge in [-0.25, -0.2) is 0 Å². The second kappa shape index (κ2) is 5.90. The Balaban J connectivity index is 2.39. The maximum absolute atomic E-state index is 11.7. The number of aliphatic carboxylic acids is 1. The van der Waals surface area contributed by atoms with Crippen LogP contribution in [-0.4, -0.2) is 52.4 Å². The summed E-state index contributed by atoms with van der Waals surface area (Å²) in [5.41, 5.74) is 4.95. The minimum Gasteiger partial charge on any atom is -0.481 e. The smallest absolute Gasteiger partial charge is 0.308 e. The summed E-state index contributed by atoms with van der Waals surface area (Å²) in [6.07, 6.45) is 0. The number of amides is 2. The van der Waals surface area contributed by atoms with Crippen LogP contribution in [0.25, 0.3) is 0 Å². The minimum atomic E-state index is -0.863. The molecule has 0 spiro atoms. The lowest BCUT2D eigenvalue weighted by molar-refractivity contribution is -0.142. The first-order valence-corrected chi connectivity index (χ1v) is 6.44. The number of likely N-dealkylation sites (tertiary alicyclic amines) is 1. The van der Waals surface area contributed by atoms with E-state index in [9.17, 15) is 14.4 Å². The molecule has 96 valence electrons. The average Bonchev–Trinajstić information content (AvgIpc) is 2.59. The van der Waals surface area contributed by atoms with E-state index in [1.165, 1.54) is 4.90 Å². The first-order valence-electron chi connectivity index (χ1n) is 5.28. The van der Waals surface area contributed by atoms with E-state index in [1.807, 2.05) is 6.92 Å². The van der Waals surface area contributed by atoms with Gasteiger partial charge in [-0.1, -0.05) is 6.92 Å². The molecular formula is C10H16N2O4S. The fourth-order valence-corrected chi connectivity index (χ4v) is 2.48. The zero-order valence-corrected chi connectivity index (χ0v) is 10.4. The molecule has 0 unspecified atom stereocenters. The summed E-state index contributed by atoms with van der Waals surface area (Å²) < 4.78 is 0. The second-order valence-corrected chi connectivity index (χ2v) is 5.17. The third-order valence-electron chi connectivity index (χ3n) is 2.75. The minimum absolute atomic E-state index is 0.0300. The highest BCUT2D eigenvalue weighted by Gasteiger charge is 2.36. The summed E-state index contributed by atoms with van der Waals surface area (Å²) in [7, 11) is 0. The Labute approximate surface area is 104 Å². The molecule has 2 amide bonds. The molecule has 1 rings (SSSR count). The fraction of sp³-hybridized carbons (Fsp3) is 0.700. The summed E-state index contributed by atoms with van der Waals surface area (Å²) >= 11 is 1.15. The van der Waals surface area contributed by atoms with Crippen molar-refractivity contribution >= 4 is 29.5 Å².